The Bertz CT molecular complexity index is 1050. The molecule has 3 rings (SSSR count). The van der Waals surface area contributed by atoms with Gasteiger partial charge in [0.15, 0.2) is 5.82 Å². The molecule has 0 bridgehead atoms. The van der Waals surface area contributed by atoms with E-state index in [4.69, 9.17) is 0 Å². The molecule has 0 spiro atoms. The molecular formula is C17H16BrFN4O2S. The van der Waals surface area contributed by atoms with Crippen molar-refractivity contribution in [2.75, 3.05) is 0 Å². The second kappa shape index (κ2) is 7.26. The van der Waals surface area contributed by atoms with Gasteiger partial charge in [-0.15, -0.1) is 0 Å². The van der Waals surface area contributed by atoms with Gasteiger partial charge in [0.1, 0.15) is 10.7 Å². The Hall–Kier alpha value is -2.10. The fraction of sp³-hybridized carbons (Fsp3) is 0.176. The van der Waals surface area contributed by atoms with Crippen molar-refractivity contribution in [3.8, 4) is 5.82 Å². The van der Waals surface area contributed by atoms with Crippen molar-refractivity contribution in [2.24, 2.45) is 0 Å². The third-order valence-electron chi connectivity index (χ3n) is 3.68. The minimum atomic E-state index is -3.98. The van der Waals surface area contributed by atoms with Crippen LogP contribution in [0.25, 0.3) is 5.82 Å². The highest BCUT2D eigenvalue weighted by Gasteiger charge is 2.19. The summed E-state index contributed by atoms with van der Waals surface area (Å²) in [4.78, 5) is 3.91. The van der Waals surface area contributed by atoms with Crippen molar-refractivity contribution in [3.63, 3.8) is 0 Å². The number of halogens is 2. The van der Waals surface area contributed by atoms with E-state index in [2.05, 4.69) is 30.7 Å². The lowest BCUT2D eigenvalue weighted by molar-refractivity contribution is 0.556. The fourth-order valence-electron chi connectivity index (χ4n) is 2.45. The number of nitrogens with one attached hydrogen (secondary N) is 1. The number of nitrogens with zero attached hydrogens (tertiary/aromatic N) is 3. The molecule has 0 saturated heterocycles. The summed E-state index contributed by atoms with van der Waals surface area (Å²) >= 11 is 3.15. The zero-order valence-corrected chi connectivity index (χ0v) is 16.5. The summed E-state index contributed by atoms with van der Waals surface area (Å²) in [6.45, 7) is 3.82. The molecular weight excluding hydrogens is 423 g/mol. The predicted octanol–water partition coefficient (Wildman–Crippen LogP) is 3.26. The molecule has 2 aromatic heterocycles. The van der Waals surface area contributed by atoms with Crippen LogP contribution in [0.2, 0.25) is 0 Å². The first-order valence-electron chi connectivity index (χ1n) is 7.69. The number of pyridine rings is 1. The number of aryl methyl sites for hydroxylation is 2. The molecule has 0 unspecified atom stereocenters. The van der Waals surface area contributed by atoms with Gasteiger partial charge in [0.25, 0.3) is 0 Å². The smallest absolute Gasteiger partial charge is 0.237 e. The molecule has 1 N–H and O–H groups in total. The summed E-state index contributed by atoms with van der Waals surface area (Å²) in [5, 5.41) is 4.35. The Balaban J connectivity index is 1.75. The van der Waals surface area contributed by atoms with Crippen molar-refractivity contribution in [1.82, 2.24) is 19.5 Å². The summed E-state index contributed by atoms with van der Waals surface area (Å²) in [5.41, 5.74) is 2.49. The zero-order chi connectivity index (χ0) is 18.9. The Kier molecular flexibility index (Phi) is 5.22. The highest BCUT2D eigenvalue weighted by molar-refractivity contribution is 9.10. The van der Waals surface area contributed by atoms with Crippen molar-refractivity contribution in [1.29, 1.82) is 0 Å². The van der Waals surface area contributed by atoms with Crippen LogP contribution in [0.1, 0.15) is 17.0 Å². The third kappa shape index (κ3) is 4.00. The van der Waals surface area contributed by atoms with E-state index in [9.17, 15) is 12.8 Å². The largest absolute Gasteiger partial charge is 0.243 e. The van der Waals surface area contributed by atoms with Crippen LogP contribution in [-0.4, -0.2) is 23.2 Å². The quantitative estimate of drug-likeness (QED) is 0.662. The van der Waals surface area contributed by atoms with Crippen LogP contribution in [0.3, 0.4) is 0 Å². The molecule has 0 radical (unpaired) electrons. The minimum Gasteiger partial charge on any atom is -0.237 e. The number of sulfonamides is 1. The van der Waals surface area contributed by atoms with Crippen LogP contribution in [0.15, 0.2) is 52.0 Å². The van der Waals surface area contributed by atoms with Crippen LogP contribution < -0.4 is 4.72 Å². The number of rotatable bonds is 5. The van der Waals surface area contributed by atoms with Gasteiger partial charge in [0, 0.05) is 22.9 Å². The van der Waals surface area contributed by atoms with Crippen molar-refractivity contribution in [2.45, 2.75) is 25.3 Å². The normalized spacial score (nSPS) is 11.7. The van der Waals surface area contributed by atoms with Crippen LogP contribution in [0.5, 0.6) is 0 Å². The van der Waals surface area contributed by atoms with Crippen molar-refractivity contribution in [3.05, 3.63) is 69.8 Å². The van der Waals surface area contributed by atoms with Gasteiger partial charge in [-0.2, -0.15) is 5.10 Å². The second-order valence-corrected chi connectivity index (χ2v) is 8.41. The average molecular weight is 439 g/mol. The molecule has 136 valence electrons. The van der Waals surface area contributed by atoms with Gasteiger partial charge in [0.05, 0.1) is 5.69 Å². The van der Waals surface area contributed by atoms with Gasteiger partial charge in [-0.05, 0) is 49.7 Å². The molecule has 0 fully saturated rings. The molecule has 0 aliphatic rings. The molecule has 0 aliphatic heterocycles. The maximum Gasteiger partial charge on any atom is 0.243 e. The van der Waals surface area contributed by atoms with Crippen molar-refractivity contribution >= 4 is 26.0 Å². The maximum atomic E-state index is 13.8. The van der Waals surface area contributed by atoms with E-state index in [1.54, 1.807) is 23.0 Å². The van der Waals surface area contributed by atoms with Gasteiger partial charge < -0.3 is 0 Å². The number of aromatic nitrogens is 3. The van der Waals surface area contributed by atoms with E-state index < -0.39 is 20.7 Å². The van der Waals surface area contributed by atoms with Gasteiger partial charge in [-0.3, -0.25) is 0 Å². The minimum absolute atomic E-state index is 0.00131. The van der Waals surface area contributed by atoms with Crippen molar-refractivity contribution < 1.29 is 12.8 Å². The molecule has 0 amide bonds. The Labute approximate surface area is 159 Å². The summed E-state index contributed by atoms with van der Waals surface area (Å²) < 4.78 is 43.0. The molecule has 3 aromatic rings. The summed E-state index contributed by atoms with van der Waals surface area (Å²) in [6, 6.07) is 9.21. The van der Waals surface area contributed by atoms with Crippen LogP contribution in [0, 0.1) is 19.7 Å². The Morgan fingerprint density at radius 3 is 2.58 bits per heavy atom. The molecule has 0 saturated carbocycles. The summed E-state index contributed by atoms with van der Waals surface area (Å²) in [6.07, 6.45) is 1.56. The van der Waals surface area contributed by atoms with E-state index in [0.717, 1.165) is 17.5 Å². The lowest BCUT2D eigenvalue weighted by Gasteiger charge is -2.09. The first kappa shape index (κ1) is 18.7. The van der Waals surface area contributed by atoms with E-state index >= 15 is 0 Å². The van der Waals surface area contributed by atoms with E-state index in [-0.39, 0.29) is 6.54 Å². The van der Waals surface area contributed by atoms with Gasteiger partial charge in [0.2, 0.25) is 10.0 Å². The highest BCUT2D eigenvalue weighted by Crippen LogP contribution is 2.20. The first-order valence-corrected chi connectivity index (χ1v) is 9.97. The molecule has 0 atom stereocenters. The third-order valence-corrected chi connectivity index (χ3v) is 5.59. The number of hydrogen-bond donors (Lipinski definition) is 1. The Morgan fingerprint density at radius 1 is 1.19 bits per heavy atom. The summed E-state index contributed by atoms with van der Waals surface area (Å²) in [5.74, 6) is -0.168. The van der Waals surface area contributed by atoms with Crippen LogP contribution in [0.4, 0.5) is 4.39 Å². The monoisotopic (exact) mass is 438 g/mol. The predicted molar refractivity (Wildman–Crippen MR) is 99.0 cm³/mol. The molecule has 26 heavy (non-hydrogen) atoms. The molecule has 9 heteroatoms. The van der Waals surface area contributed by atoms with E-state index in [1.165, 1.54) is 12.1 Å². The lowest BCUT2D eigenvalue weighted by Crippen LogP contribution is -2.24. The molecule has 0 aliphatic carbocycles. The number of hydrogen-bond acceptors (Lipinski definition) is 4. The number of benzene rings is 1. The van der Waals surface area contributed by atoms with E-state index in [0.29, 0.717) is 15.9 Å². The lowest BCUT2D eigenvalue weighted by atomic mass is 10.3. The molecule has 6 nitrogen and oxygen atoms in total. The highest BCUT2D eigenvalue weighted by atomic mass is 79.9. The summed E-state index contributed by atoms with van der Waals surface area (Å²) in [7, 11) is -3.98. The van der Waals surface area contributed by atoms with Crippen LogP contribution in [-0.2, 0) is 16.6 Å². The Morgan fingerprint density at radius 2 is 1.96 bits per heavy atom. The van der Waals surface area contributed by atoms with Crippen LogP contribution >= 0.6 is 15.9 Å². The molecule has 1 aromatic carbocycles. The SMILES string of the molecule is Cc1cc(C)n(-c2ccc(CNS(=O)(=O)c3cc(Br)ccc3F)cn2)n1. The second-order valence-electron chi connectivity index (χ2n) is 5.76. The van der Waals surface area contributed by atoms with Gasteiger partial charge in [-0.25, -0.2) is 27.2 Å². The first-order chi connectivity index (χ1) is 12.3. The average Bonchev–Trinajstić information content (AvgIpc) is 2.94. The van der Waals surface area contributed by atoms with Gasteiger partial charge >= 0.3 is 0 Å². The van der Waals surface area contributed by atoms with Gasteiger partial charge in [-0.1, -0.05) is 22.0 Å². The van der Waals surface area contributed by atoms with E-state index in [1.807, 2.05) is 19.9 Å². The maximum absolute atomic E-state index is 13.8. The zero-order valence-electron chi connectivity index (χ0n) is 14.1. The topological polar surface area (TPSA) is 76.9 Å². The molecule has 2 heterocycles. The fourth-order valence-corrected chi connectivity index (χ4v) is 4.08. The standard InChI is InChI=1S/C17H16BrFN4O2S/c1-11-7-12(2)23(22-11)17-6-3-13(9-20-17)10-21-26(24,25)16-8-14(18)4-5-15(16)19/h3-9,21H,10H2,1-2H3.